The van der Waals surface area contributed by atoms with E-state index in [0.717, 1.165) is 10.8 Å². The van der Waals surface area contributed by atoms with Crippen molar-refractivity contribution in [1.29, 1.82) is 0 Å². The Balaban J connectivity index is 1.47. The number of rotatable bonds is 5. The first-order valence-electron chi connectivity index (χ1n) is 8.40. The average molecular weight is 444 g/mol. The molecule has 3 aromatic rings. The summed E-state index contributed by atoms with van der Waals surface area (Å²) in [6, 6.07) is 21.0. The zero-order chi connectivity index (χ0) is 19.5. The monoisotopic (exact) mass is 443 g/mol. The SMILES string of the molecule is O=C1C(=Cc2ccc(SCc3ccccc3)o2)SC(=S)N1c1ccc(Cl)cc1. The third kappa shape index (κ3) is 4.36. The fraction of sp³-hybridized carbons (Fsp3) is 0.0476. The molecule has 0 radical (unpaired) electrons. The molecule has 2 aromatic carbocycles. The smallest absolute Gasteiger partial charge is 0.270 e. The standard InChI is InChI=1S/C21H14ClNO2S3/c22-15-6-8-16(9-7-15)23-20(24)18(28-21(23)26)12-17-10-11-19(25-17)27-13-14-4-2-1-3-5-14/h1-12H,13H2. The summed E-state index contributed by atoms with van der Waals surface area (Å²) < 4.78 is 6.34. The molecule has 2 heterocycles. The highest BCUT2D eigenvalue weighted by molar-refractivity contribution is 8.27. The number of benzene rings is 2. The number of carbonyl (C=O) groups is 1. The van der Waals surface area contributed by atoms with E-state index in [9.17, 15) is 4.79 Å². The number of halogens is 1. The molecule has 140 valence electrons. The molecule has 0 spiro atoms. The highest BCUT2D eigenvalue weighted by atomic mass is 35.5. The van der Waals surface area contributed by atoms with E-state index in [2.05, 4.69) is 12.1 Å². The van der Waals surface area contributed by atoms with E-state index >= 15 is 0 Å². The van der Waals surface area contributed by atoms with Gasteiger partial charge < -0.3 is 4.42 Å². The summed E-state index contributed by atoms with van der Waals surface area (Å²) in [7, 11) is 0. The molecule has 4 rings (SSSR count). The van der Waals surface area contributed by atoms with Crippen LogP contribution in [0.3, 0.4) is 0 Å². The highest BCUT2D eigenvalue weighted by Gasteiger charge is 2.33. The predicted molar refractivity (Wildman–Crippen MR) is 122 cm³/mol. The van der Waals surface area contributed by atoms with Gasteiger partial charge in [-0.1, -0.05) is 77.7 Å². The van der Waals surface area contributed by atoms with Gasteiger partial charge in [0.25, 0.3) is 5.91 Å². The number of furan rings is 1. The van der Waals surface area contributed by atoms with Crippen molar-refractivity contribution in [1.82, 2.24) is 0 Å². The average Bonchev–Trinajstić information content (AvgIpc) is 3.26. The van der Waals surface area contributed by atoms with Crippen molar-refractivity contribution in [2.45, 2.75) is 10.8 Å². The number of amides is 1. The Labute approximate surface area is 181 Å². The maximum Gasteiger partial charge on any atom is 0.270 e. The molecule has 1 aliphatic heterocycles. The van der Waals surface area contributed by atoms with Crippen LogP contribution in [-0.4, -0.2) is 10.2 Å². The summed E-state index contributed by atoms with van der Waals surface area (Å²) >= 11 is 14.2. The quantitative estimate of drug-likeness (QED) is 0.251. The minimum absolute atomic E-state index is 0.160. The molecule has 28 heavy (non-hydrogen) atoms. The van der Waals surface area contributed by atoms with E-state index in [-0.39, 0.29) is 5.91 Å². The van der Waals surface area contributed by atoms with E-state index in [0.29, 0.717) is 25.7 Å². The van der Waals surface area contributed by atoms with Crippen LogP contribution < -0.4 is 4.90 Å². The molecule has 1 saturated heterocycles. The number of carbonyl (C=O) groups excluding carboxylic acids is 1. The Morgan fingerprint density at radius 3 is 2.57 bits per heavy atom. The van der Waals surface area contributed by atoms with Gasteiger partial charge in [-0.3, -0.25) is 9.69 Å². The molecule has 1 aliphatic rings. The van der Waals surface area contributed by atoms with E-state index in [1.807, 2.05) is 30.3 Å². The van der Waals surface area contributed by atoms with Crippen LogP contribution in [0, 0.1) is 0 Å². The van der Waals surface area contributed by atoms with Gasteiger partial charge in [0.05, 0.1) is 10.6 Å². The van der Waals surface area contributed by atoms with Crippen LogP contribution in [0.5, 0.6) is 0 Å². The molecule has 1 aromatic heterocycles. The Kier molecular flexibility index (Phi) is 5.92. The first-order valence-corrected chi connectivity index (χ1v) is 11.0. The molecule has 0 saturated carbocycles. The van der Waals surface area contributed by atoms with Crippen LogP contribution in [0.1, 0.15) is 11.3 Å². The topological polar surface area (TPSA) is 33.5 Å². The number of hydrogen-bond acceptors (Lipinski definition) is 5. The van der Waals surface area contributed by atoms with Crippen LogP contribution in [0.2, 0.25) is 5.02 Å². The summed E-state index contributed by atoms with van der Waals surface area (Å²) in [6.45, 7) is 0. The zero-order valence-electron chi connectivity index (χ0n) is 14.5. The predicted octanol–water partition coefficient (Wildman–Crippen LogP) is 6.63. The number of hydrogen-bond donors (Lipinski definition) is 0. The van der Waals surface area contributed by atoms with E-state index in [1.54, 1.807) is 42.1 Å². The third-order valence-electron chi connectivity index (χ3n) is 3.98. The minimum atomic E-state index is -0.160. The van der Waals surface area contributed by atoms with E-state index < -0.39 is 0 Å². The number of anilines is 1. The maximum absolute atomic E-state index is 12.8. The summed E-state index contributed by atoms with van der Waals surface area (Å²) in [5, 5.41) is 1.42. The highest BCUT2D eigenvalue weighted by Crippen LogP contribution is 2.37. The van der Waals surface area contributed by atoms with Crippen molar-refractivity contribution in [3.8, 4) is 0 Å². The van der Waals surface area contributed by atoms with Gasteiger partial charge in [0.1, 0.15) is 5.76 Å². The normalized spacial score (nSPS) is 15.6. The lowest BCUT2D eigenvalue weighted by molar-refractivity contribution is -0.113. The molecule has 0 aliphatic carbocycles. The van der Waals surface area contributed by atoms with Crippen LogP contribution in [0.25, 0.3) is 6.08 Å². The molecule has 0 unspecified atom stereocenters. The summed E-state index contributed by atoms with van der Waals surface area (Å²) in [5.74, 6) is 1.30. The zero-order valence-corrected chi connectivity index (χ0v) is 17.7. The minimum Gasteiger partial charge on any atom is -0.450 e. The van der Waals surface area contributed by atoms with Gasteiger partial charge >= 0.3 is 0 Å². The van der Waals surface area contributed by atoms with Crippen molar-refractivity contribution >= 4 is 69.3 Å². The second-order valence-corrected chi connectivity index (χ2v) is 9.02. The Morgan fingerprint density at radius 2 is 1.82 bits per heavy atom. The van der Waals surface area contributed by atoms with Gasteiger partial charge in [0.15, 0.2) is 9.41 Å². The van der Waals surface area contributed by atoms with Crippen LogP contribution in [0.15, 0.2) is 81.1 Å². The molecular formula is C21H14ClNO2S3. The van der Waals surface area contributed by atoms with Crippen molar-refractivity contribution in [3.05, 3.63) is 88.0 Å². The first-order chi connectivity index (χ1) is 13.6. The maximum atomic E-state index is 12.8. The first kappa shape index (κ1) is 19.3. The molecule has 1 fully saturated rings. The third-order valence-corrected chi connectivity index (χ3v) is 6.51. The molecule has 0 bridgehead atoms. The van der Waals surface area contributed by atoms with E-state index in [4.69, 9.17) is 28.2 Å². The number of thiocarbonyl (C=S) groups is 1. The molecule has 0 atom stereocenters. The Bertz CT molecular complexity index is 1050. The molecule has 7 heteroatoms. The summed E-state index contributed by atoms with van der Waals surface area (Å²) in [6.07, 6.45) is 1.74. The van der Waals surface area contributed by atoms with Gasteiger partial charge in [-0.15, -0.1) is 0 Å². The van der Waals surface area contributed by atoms with Crippen molar-refractivity contribution < 1.29 is 9.21 Å². The van der Waals surface area contributed by atoms with Gasteiger partial charge in [-0.25, -0.2) is 0 Å². The largest absolute Gasteiger partial charge is 0.450 e. The summed E-state index contributed by atoms with van der Waals surface area (Å²) in [4.78, 5) is 14.8. The van der Waals surface area contributed by atoms with Gasteiger partial charge in [-0.2, -0.15) is 0 Å². The fourth-order valence-electron chi connectivity index (χ4n) is 2.63. The Hall–Kier alpha value is -1.99. The lowest BCUT2D eigenvalue weighted by Gasteiger charge is -2.14. The molecule has 0 N–H and O–H groups in total. The number of nitrogens with zero attached hydrogens (tertiary/aromatic N) is 1. The summed E-state index contributed by atoms with van der Waals surface area (Å²) in [5.41, 5.74) is 1.93. The second-order valence-electron chi connectivity index (χ2n) is 5.92. The van der Waals surface area contributed by atoms with Crippen molar-refractivity contribution in [2.75, 3.05) is 4.90 Å². The fourth-order valence-corrected chi connectivity index (χ4v) is 4.85. The molecule has 3 nitrogen and oxygen atoms in total. The van der Waals surface area contributed by atoms with Crippen molar-refractivity contribution in [3.63, 3.8) is 0 Å². The van der Waals surface area contributed by atoms with Crippen LogP contribution >= 0.6 is 47.3 Å². The lowest BCUT2D eigenvalue weighted by atomic mass is 10.2. The van der Waals surface area contributed by atoms with E-state index in [1.165, 1.54) is 22.2 Å². The lowest BCUT2D eigenvalue weighted by Crippen LogP contribution is -2.27. The second kappa shape index (κ2) is 8.57. The van der Waals surface area contributed by atoms with Gasteiger partial charge in [-0.05, 0) is 42.0 Å². The number of thioether (sulfide) groups is 2. The van der Waals surface area contributed by atoms with Gasteiger partial charge in [0.2, 0.25) is 0 Å². The molecular weight excluding hydrogens is 430 g/mol. The van der Waals surface area contributed by atoms with Crippen molar-refractivity contribution in [2.24, 2.45) is 0 Å². The molecule has 1 amide bonds. The van der Waals surface area contributed by atoms with Crippen LogP contribution in [-0.2, 0) is 10.5 Å². The van der Waals surface area contributed by atoms with Gasteiger partial charge in [0, 0.05) is 16.9 Å². The van der Waals surface area contributed by atoms with Crippen LogP contribution in [0.4, 0.5) is 5.69 Å². The Morgan fingerprint density at radius 1 is 1.07 bits per heavy atom.